The first-order chi connectivity index (χ1) is 8.43. The van der Waals surface area contributed by atoms with Crippen molar-refractivity contribution in [1.82, 2.24) is 5.32 Å². The lowest BCUT2D eigenvalue weighted by Gasteiger charge is -2.19. The molecule has 0 heterocycles. The van der Waals surface area contributed by atoms with E-state index in [-0.39, 0.29) is 18.0 Å². The van der Waals surface area contributed by atoms with Gasteiger partial charge < -0.3 is 10.6 Å². The van der Waals surface area contributed by atoms with Crippen LogP contribution in [0.25, 0.3) is 0 Å². The van der Waals surface area contributed by atoms with Crippen molar-refractivity contribution in [2.75, 3.05) is 5.32 Å². The molecule has 0 bridgehead atoms. The first kappa shape index (κ1) is 15.3. The highest BCUT2D eigenvalue weighted by molar-refractivity contribution is 9.10. The van der Waals surface area contributed by atoms with Gasteiger partial charge in [-0.3, -0.25) is 4.79 Å². The number of amides is 1. The number of carbonyl (C=O) groups is 1. The summed E-state index contributed by atoms with van der Waals surface area (Å²) in [4.78, 5) is 11.9. The summed E-state index contributed by atoms with van der Waals surface area (Å²) in [5.74, 6) is -0.00815. The zero-order valence-electron chi connectivity index (χ0n) is 10.8. The van der Waals surface area contributed by atoms with Gasteiger partial charge in [0.1, 0.15) is 6.04 Å². The zero-order chi connectivity index (χ0) is 13.7. The van der Waals surface area contributed by atoms with Gasteiger partial charge in [0.15, 0.2) is 0 Å². The molecule has 0 aliphatic heterocycles. The standard InChI is InChI=1S/C13H18BrClN2O/c1-4-8(2)16-13(18)9(3)17-12-6-5-10(15)7-11(12)14/h5-9,17H,4H2,1-3H3,(H,16,18). The first-order valence-corrected chi connectivity index (χ1v) is 7.13. The van der Waals surface area contributed by atoms with Gasteiger partial charge in [-0.05, 0) is 54.4 Å². The smallest absolute Gasteiger partial charge is 0.242 e. The van der Waals surface area contributed by atoms with E-state index in [0.717, 1.165) is 16.6 Å². The molecule has 5 heteroatoms. The molecule has 0 saturated carbocycles. The molecule has 0 saturated heterocycles. The Morgan fingerprint density at radius 3 is 2.67 bits per heavy atom. The molecule has 18 heavy (non-hydrogen) atoms. The number of halogens is 2. The maximum Gasteiger partial charge on any atom is 0.242 e. The van der Waals surface area contributed by atoms with Crippen molar-refractivity contribution in [3.63, 3.8) is 0 Å². The van der Waals surface area contributed by atoms with Crippen LogP contribution >= 0.6 is 27.5 Å². The van der Waals surface area contributed by atoms with Gasteiger partial charge in [0.25, 0.3) is 0 Å². The zero-order valence-corrected chi connectivity index (χ0v) is 13.1. The fourth-order valence-corrected chi connectivity index (χ4v) is 2.17. The predicted molar refractivity (Wildman–Crippen MR) is 80.1 cm³/mol. The van der Waals surface area contributed by atoms with Gasteiger partial charge in [0.2, 0.25) is 5.91 Å². The maximum absolute atomic E-state index is 11.9. The monoisotopic (exact) mass is 332 g/mol. The average molecular weight is 334 g/mol. The minimum absolute atomic E-state index is 0.00815. The van der Waals surface area contributed by atoms with Crippen molar-refractivity contribution in [3.05, 3.63) is 27.7 Å². The molecular formula is C13H18BrClN2O. The fraction of sp³-hybridized carbons (Fsp3) is 0.462. The average Bonchev–Trinajstić information content (AvgIpc) is 2.32. The summed E-state index contributed by atoms with van der Waals surface area (Å²) < 4.78 is 0.846. The Bertz CT molecular complexity index is 425. The Kier molecular flexibility index (Phi) is 5.96. The quantitative estimate of drug-likeness (QED) is 0.860. The summed E-state index contributed by atoms with van der Waals surface area (Å²) in [5.41, 5.74) is 0.853. The largest absolute Gasteiger partial charge is 0.373 e. The molecule has 0 spiro atoms. The first-order valence-electron chi connectivity index (χ1n) is 5.96. The molecule has 0 aromatic heterocycles. The van der Waals surface area contributed by atoms with Crippen LogP contribution in [0.1, 0.15) is 27.2 Å². The SMILES string of the molecule is CCC(C)NC(=O)C(C)Nc1ccc(Cl)cc1Br. The Morgan fingerprint density at radius 2 is 2.11 bits per heavy atom. The summed E-state index contributed by atoms with van der Waals surface area (Å²) >= 11 is 9.28. The van der Waals surface area contributed by atoms with E-state index in [1.807, 2.05) is 26.8 Å². The van der Waals surface area contributed by atoms with Gasteiger partial charge in [-0.15, -0.1) is 0 Å². The lowest BCUT2D eigenvalue weighted by molar-refractivity contribution is -0.122. The van der Waals surface area contributed by atoms with Gasteiger partial charge in [-0.1, -0.05) is 18.5 Å². The second kappa shape index (κ2) is 7.00. The summed E-state index contributed by atoms with van der Waals surface area (Å²) in [7, 11) is 0. The molecule has 0 aliphatic carbocycles. The molecule has 3 nitrogen and oxygen atoms in total. The summed E-state index contributed by atoms with van der Waals surface area (Å²) in [6.45, 7) is 5.86. The van der Waals surface area contributed by atoms with Crippen molar-refractivity contribution >= 4 is 39.1 Å². The second-order valence-electron chi connectivity index (χ2n) is 4.31. The van der Waals surface area contributed by atoms with Crippen molar-refractivity contribution in [2.45, 2.75) is 39.3 Å². The molecule has 2 unspecified atom stereocenters. The molecule has 1 rings (SSSR count). The van der Waals surface area contributed by atoms with Gasteiger partial charge >= 0.3 is 0 Å². The minimum Gasteiger partial charge on any atom is -0.373 e. The number of hydrogen-bond donors (Lipinski definition) is 2. The van der Waals surface area contributed by atoms with Crippen LogP contribution in [-0.4, -0.2) is 18.0 Å². The number of nitrogens with one attached hydrogen (secondary N) is 2. The molecule has 0 radical (unpaired) electrons. The molecule has 1 aromatic carbocycles. The van der Waals surface area contributed by atoms with Crippen molar-refractivity contribution in [3.8, 4) is 0 Å². The Labute approximate surface area is 121 Å². The Hall–Kier alpha value is -0.740. The van der Waals surface area contributed by atoms with Gasteiger partial charge in [-0.25, -0.2) is 0 Å². The van der Waals surface area contributed by atoms with Crippen molar-refractivity contribution in [2.24, 2.45) is 0 Å². The topological polar surface area (TPSA) is 41.1 Å². The third-order valence-electron chi connectivity index (χ3n) is 2.70. The van der Waals surface area contributed by atoms with E-state index in [2.05, 4.69) is 26.6 Å². The minimum atomic E-state index is -0.295. The van der Waals surface area contributed by atoms with Crippen molar-refractivity contribution in [1.29, 1.82) is 0 Å². The molecule has 1 aromatic rings. The Morgan fingerprint density at radius 1 is 1.44 bits per heavy atom. The van der Waals surface area contributed by atoms with E-state index >= 15 is 0 Å². The maximum atomic E-state index is 11.9. The van der Waals surface area contributed by atoms with Crippen LogP contribution < -0.4 is 10.6 Å². The van der Waals surface area contributed by atoms with Crippen LogP contribution in [-0.2, 0) is 4.79 Å². The Balaban J connectivity index is 2.63. The lowest BCUT2D eigenvalue weighted by Crippen LogP contribution is -2.41. The van der Waals surface area contributed by atoms with Crippen LogP contribution in [0.15, 0.2) is 22.7 Å². The van der Waals surface area contributed by atoms with Crippen LogP contribution in [0, 0.1) is 0 Å². The predicted octanol–water partition coefficient (Wildman–Crippen LogP) is 3.82. The fourth-order valence-electron chi connectivity index (χ4n) is 1.38. The molecule has 0 aliphatic rings. The van der Waals surface area contributed by atoms with E-state index < -0.39 is 0 Å². The van der Waals surface area contributed by atoms with E-state index in [9.17, 15) is 4.79 Å². The second-order valence-corrected chi connectivity index (χ2v) is 5.60. The van der Waals surface area contributed by atoms with Crippen molar-refractivity contribution < 1.29 is 4.79 Å². The molecule has 2 atom stereocenters. The lowest BCUT2D eigenvalue weighted by atomic mass is 10.2. The van der Waals surface area contributed by atoms with E-state index in [1.54, 1.807) is 12.1 Å². The van der Waals surface area contributed by atoms with Gasteiger partial charge in [0, 0.05) is 21.2 Å². The highest BCUT2D eigenvalue weighted by Crippen LogP contribution is 2.26. The molecule has 2 N–H and O–H groups in total. The third kappa shape index (κ3) is 4.50. The molecule has 0 fully saturated rings. The van der Waals surface area contributed by atoms with E-state index in [0.29, 0.717) is 5.02 Å². The van der Waals surface area contributed by atoms with Crippen LogP contribution in [0.2, 0.25) is 5.02 Å². The number of rotatable bonds is 5. The molecule has 1 amide bonds. The van der Waals surface area contributed by atoms with Gasteiger partial charge in [-0.2, -0.15) is 0 Å². The highest BCUT2D eigenvalue weighted by atomic mass is 79.9. The number of benzene rings is 1. The molecular weight excluding hydrogens is 316 g/mol. The van der Waals surface area contributed by atoms with Crippen LogP contribution in [0.3, 0.4) is 0 Å². The summed E-state index contributed by atoms with van der Waals surface area (Å²) in [6, 6.07) is 5.32. The number of carbonyl (C=O) groups excluding carboxylic acids is 1. The number of anilines is 1. The van der Waals surface area contributed by atoms with Crippen LogP contribution in [0.5, 0.6) is 0 Å². The third-order valence-corrected chi connectivity index (χ3v) is 3.59. The summed E-state index contributed by atoms with van der Waals surface area (Å²) in [6.07, 6.45) is 0.920. The highest BCUT2D eigenvalue weighted by Gasteiger charge is 2.15. The molecule has 100 valence electrons. The normalized spacial score (nSPS) is 13.8. The van der Waals surface area contributed by atoms with Crippen LogP contribution in [0.4, 0.5) is 5.69 Å². The summed E-state index contributed by atoms with van der Waals surface area (Å²) in [5, 5.41) is 6.74. The van der Waals surface area contributed by atoms with Gasteiger partial charge in [0.05, 0.1) is 0 Å². The van der Waals surface area contributed by atoms with E-state index in [1.165, 1.54) is 0 Å². The number of hydrogen-bond acceptors (Lipinski definition) is 2. The van der Waals surface area contributed by atoms with E-state index in [4.69, 9.17) is 11.6 Å².